The summed E-state index contributed by atoms with van der Waals surface area (Å²) < 4.78 is 2.19. The van der Waals surface area contributed by atoms with Crippen molar-refractivity contribution in [3.63, 3.8) is 0 Å². The molecule has 4 rings (SSSR count). The van der Waals surface area contributed by atoms with E-state index in [4.69, 9.17) is 0 Å². The Hall–Kier alpha value is -2.59. The summed E-state index contributed by atoms with van der Waals surface area (Å²) in [6.45, 7) is 1.78. The Morgan fingerprint density at radius 1 is 1.09 bits per heavy atom. The number of aryl methyl sites for hydroxylation is 1. The number of fused-ring (bicyclic) bond motifs is 2. The van der Waals surface area contributed by atoms with Crippen molar-refractivity contribution in [3.05, 3.63) is 66.1 Å². The third kappa shape index (κ3) is 2.73. The van der Waals surface area contributed by atoms with Gasteiger partial charge in [0.25, 0.3) is 0 Å². The SMILES string of the molecule is Cn1cc(CNCCc2nc3ccccc3[nH]2)c2ccccc21. The lowest BCUT2D eigenvalue weighted by molar-refractivity contribution is 0.676. The second kappa shape index (κ2) is 5.89. The van der Waals surface area contributed by atoms with Crippen molar-refractivity contribution in [2.45, 2.75) is 13.0 Å². The fourth-order valence-corrected chi connectivity index (χ4v) is 3.12. The molecule has 2 N–H and O–H groups in total. The first-order valence-corrected chi connectivity index (χ1v) is 7.98. The highest BCUT2D eigenvalue weighted by molar-refractivity contribution is 5.83. The highest BCUT2D eigenvalue weighted by atomic mass is 14.9. The van der Waals surface area contributed by atoms with E-state index in [9.17, 15) is 0 Å². The Bertz CT molecular complexity index is 915. The molecule has 0 spiro atoms. The number of hydrogen-bond donors (Lipinski definition) is 2. The zero-order valence-electron chi connectivity index (χ0n) is 13.2. The molecule has 0 atom stereocenters. The van der Waals surface area contributed by atoms with Gasteiger partial charge in [-0.25, -0.2) is 4.98 Å². The van der Waals surface area contributed by atoms with Gasteiger partial charge >= 0.3 is 0 Å². The lowest BCUT2D eigenvalue weighted by atomic mass is 10.2. The van der Waals surface area contributed by atoms with Crippen molar-refractivity contribution < 1.29 is 0 Å². The van der Waals surface area contributed by atoms with Crippen LogP contribution in [0, 0.1) is 0 Å². The maximum Gasteiger partial charge on any atom is 0.108 e. The zero-order valence-corrected chi connectivity index (χ0v) is 13.2. The van der Waals surface area contributed by atoms with Crippen LogP contribution in [0.3, 0.4) is 0 Å². The van der Waals surface area contributed by atoms with Crippen LogP contribution in [0.15, 0.2) is 54.7 Å². The predicted octanol–water partition coefficient (Wildman–Crippen LogP) is 3.39. The van der Waals surface area contributed by atoms with Crippen molar-refractivity contribution in [1.29, 1.82) is 0 Å². The van der Waals surface area contributed by atoms with Gasteiger partial charge in [-0.2, -0.15) is 0 Å². The van der Waals surface area contributed by atoms with Crippen LogP contribution in [0.1, 0.15) is 11.4 Å². The van der Waals surface area contributed by atoms with E-state index in [-0.39, 0.29) is 0 Å². The minimum Gasteiger partial charge on any atom is -0.350 e. The van der Waals surface area contributed by atoms with Crippen molar-refractivity contribution in [2.24, 2.45) is 7.05 Å². The number of nitrogens with zero attached hydrogens (tertiary/aromatic N) is 2. The third-order valence-corrected chi connectivity index (χ3v) is 4.27. The molecule has 0 fully saturated rings. The van der Waals surface area contributed by atoms with Crippen molar-refractivity contribution >= 4 is 21.9 Å². The molecule has 0 aliphatic heterocycles. The van der Waals surface area contributed by atoms with E-state index in [0.717, 1.165) is 36.4 Å². The lowest BCUT2D eigenvalue weighted by Crippen LogP contribution is -2.17. The van der Waals surface area contributed by atoms with Gasteiger partial charge in [-0.15, -0.1) is 0 Å². The van der Waals surface area contributed by atoms with Crippen LogP contribution in [0.25, 0.3) is 21.9 Å². The predicted molar refractivity (Wildman–Crippen MR) is 94.4 cm³/mol. The minimum atomic E-state index is 0.877. The number of nitrogens with one attached hydrogen (secondary N) is 2. The molecule has 4 aromatic rings. The van der Waals surface area contributed by atoms with Gasteiger partial charge in [0.1, 0.15) is 5.82 Å². The average Bonchev–Trinajstić information content (AvgIpc) is 3.13. The Morgan fingerprint density at radius 2 is 1.91 bits per heavy atom. The van der Waals surface area contributed by atoms with Crippen LogP contribution in [-0.2, 0) is 20.0 Å². The fraction of sp³-hybridized carbons (Fsp3) is 0.211. The van der Waals surface area contributed by atoms with E-state index >= 15 is 0 Å². The van der Waals surface area contributed by atoms with E-state index in [2.05, 4.69) is 63.4 Å². The highest BCUT2D eigenvalue weighted by Gasteiger charge is 2.06. The quantitative estimate of drug-likeness (QED) is 0.555. The first-order chi connectivity index (χ1) is 11.3. The number of aromatic amines is 1. The number of imidazole rings is 1. The van der Waals surface area contributed by atoms with Crippen LogP contribution < -0.4 is 5.32 Å². The van der Waals surface area contributed by atoms with E-state index in [1.807, 2.05) is 18.2 Å². The number of rotatable bonds is 5. The van der Waals surface area contributed by atoms with Gasteiger partial charge in [-0.1, -0.05) is 30.3 Å². The second-order valence-electron chi connectivity index (χ2n) is 5.91. The first-order valence-electron chi connectivity index (χ1n) is 7.98. The summed E-state index contributed by atoms with van der Waals surface area (Å²) >= 11 is 0. The Kier molecular flexibility index (Phi) is 3.60. The number of para-hydroxylation sites is 3. The van der Waals surface area contributed by atoms with Gasteiger partial charge in [-0.05, 0) is 23.8 Å². The molecule has 0 amide bonds. The van der Waals surface area contributed by atoms with Gasteiger partial charge < -0.3 is 14.9 Å². The maximum atomic E-state index is 4.61. The van der Waals surface area contributed by atoms with E-state index in [1.165, 1.54) is 16.5 Å². The zero-order chi connectivity index (χ0) is 15.6. The van der Waals surface area contributed by atoms with Crippen molar-refractivity contribution in [1.82, 2.24) is 19.9 Å². The molecule has 0 saturated heterocycles. The normalized spacial score (nSPS) is 11.5. The number of benzene rings is 2. The minimum absolute atomic E-state index is 0.877. The van der Waals surface area contributed by atoms with Crippen molar-refractivity contribution in [3.8, 4) is 0 Å². The third-order valence-electron chi connectivity index (χ3n) is 4.27. The number of aromatic nitrogens is 3. The smallest absolute Gasteiger partial charge is 0.108 e. The molecule has 2 aromatic heterocycles. The fourth-order valence-electron chi connectivity index (χ4n) is 3.12. The molecule has 2 heterocycles. The maximum absolute atomic E-state index is 4.61. The first kappa shape index (κ1) is 14.0. The Labute approximate surface area is 135 Å². The largest absolute Gasteiger partial charge is 0.350 e. The van der Waals surface area contributed by atoms with Crippen LogP contribution in [-0.4, -0.2) is 21.1 Å². The van der Waals surface area contributed by atoms with Gasteiger partial charge in [-0.3, -0.25) is 0 Å². The van der Waals surface area contributed by atoms with Crippen LogP contribution in [0.5, 0.6) is 0 Å². The van der Waals surface area contributed by atoms with Gasteiger partial charge in [0.05, 0.1) is 11.0 Å². The summed E-state index contributed by atoms with van der Waals surface area (Å²) in [4.78, 5) is 7.98. The van der Waals surface area contributed by atoms with E-state index in [1.54, 1.807) is 0 Å². The summed E-state index contributed by atoms with van der Waals surface area (Å²) in [7, 11) is 2.10. The van der Waals surface area contributed by atoms with Crippen LogP contribution in [0.4, 0.5) is 0 Å². The second-order valence-corrected chi connectivity index (χ2v) is 5.91. The molecule has 0 aliphatic carbocycles. The van der Waals surface area contributed by atoms with Gasteiger partial charge in [0, 0.05) is 43.7 Å². The summed E-state index contributed by atoms with van der Waals surface area (Å²) in [5.41, 5.74) is 4.77. The van der Waals surface area contributed by atoms with Gasteiger partial charge in [0.15, 0.2) is 0 Å². The molecule has 0 unspecified atom stereocenters. The molecule has 4 heteroatoms. The number of H-pyrrole nitrogens is 1. The topological polar surface area (TPSA) is 45.6 Å². The molecule has 0 bridgehead atoms. The van der Waals surface area contributed by atoms with Gasteiger partial charge in [0.2, 0.25) is 0 Å². The molecular formula is C19H20N4. The molecule has 2 aromatic carbocycles. The Morgan fingerprint density at radius 3 is 2.83 bits per heavy atom. The molecule has 0 aliphatic rings. The molecule has 4 nitrogen and oxygen atoms in total. The molecule has 23 heavy (non-hydrogen) atoms. The average molecular weight is 304 g/mol. The lowest BCUT2D eigenvalue weighted by Gasteiger charge is -2.02. The van der Waals surface area contributed by atoms with Crippen LogP contribution >= 0.6 is 0 Å². The summed E-state index contributed by atoms with van der Waals surface area (Å²) in [6.07, 6.45) is 3.11. The summed E-state index contributed by atoms with van der Waals surface area (Å²) in [5.74, 6) is 1.04. The molecule has 116 valence electrons. The van der Waals surface area contributed by atoms with Crippen LogP contribution in [0.2, 0.25) is 0 Å². The Balaban J connectivity index is 1.39. The monoisotopic (exact) mass is 304 g/mol. The summed E-state index contributed by atoms with van der Waals surface area (Å²) in [5, 5.41) is 4.85. The molecule has 0 radical (unpaired) electrons. The van der Waals surface area contributed by atoms with E-state index < -0.39 is 0 Å². The molecule has 0 saturated carbocycles. The molecular weight excluding hydrogens is 284 g/mol. The van der Waals surface area contributed by atoms with E-state index in [0.29, 0.717) is 0 Å². The highest BCUT2D eigenvalue weighted by Crippen LogP contribution is 2.19. The van der Waals surface area contributed by atoms with Crippen molar-refractivity contribution in [2.75, 3.05) is 6.54 Å². The standard InChI is InChI=1S/C19H20N4/c1-23-13-14(15-6-2-5-9-18(15)23)12-20-11-10-19-21-16-7-3-4-8-17(16)22-19/h2-9,13,20H,10-12H2,1H3,(H,21,22). The summed E-state index contributed by atoms with van der Waals surface area (Å²) in [6, 6.07) is 16.7. The number of hydrogen-bond acceptors (Lipinski definition) is 2.